The average molecular weight is 165 g/mol. The molecular weight excluding hydrogens is 155 g/mol. The molecule has 0 unspecified atom stereocenters. The van der Waals surface area contributed by atoms with E-state index in [1.807, 2.05) is 0 Å². The Morgan fingerprint density at radius 2 is 1.29 bits per heavy atom. The van der Waals surface area contributed by atoms with Crippen LogP contribution in [0.2, 0.25) is 0 Å². The Labute approximate surface area is 58.5 Å². The highest BCUT2D eigenvalue weighted by Gasteiger charge is 1.67. The highest BCUT2D eigenvalue weighted by atomic mass is 35.5. The summed E-state index contributed by atoms with van der Waals surface area (Å²) in [6, 6.07) is 0. The third kappa shape index (κ3) is 20.2. The minimum Gasteiger partial charge on any atom is -0.402 e. The largest absolute Gasteiger partial charge is 0.402 e. The summed E-state index contributed by atoms with van der Waals surface area (Å²) in [6.45, 7) is 0. The van der Waals surface area contributed by atoms with Crippen molar-refractivity contribution in [1.29, 1.82) is 0 Å². The van der Waals surface area contributed by atoms with E-state index in [4.69, 9.17) is 0 Å². The van der Waals surface area contributed by atoms with Crippen molar-refractivity contribution < 1.29 is 8.85 Å². The first-order chi connectivity index (χ1) is 2.41. The van der Waals surface area contributed by atoms with Gasteiger partial charge in [-0.1, -0.05) is 0 Å². The third-order valence-corrected chi connectivity index (χ3v) is 0.707. The molecule has 48 valence electrons. The monoisotopic (exact) mass is 164 g/mol. The van der Waals surface area contributed by atoms with Crippen LogP contribution in [0.25, 0.3) is 0 Å². The van der Waals surface area contributed by atoms with Crippen LogP contribution < -0.4 is 0 Å². The van der Waals surface area contributed by atoms with Crippen LogP contribution in [0.15, 0.2) is 0 Å². The highest BCUT2D eigenvalue weighted by molar-refractivity contribution is 6.17. The normalized spacial score (nSPS) is 6.00. The van der Waals surface area contributed by atoms with E-state index in [1.165, 1.54) is 0 Å². The van der Waals surface area contributed by atoms with Gasteiger partial charge in [-0.25, -0.2) is 0 Å². The van der Waals surface area contributed by atoms with Gasteiger partial charge in [-0.15, -0.1) is 24.8 Å². The zero-order valence-electron chi connectivity index (χ0n) is 4.34. The molecule has 2 nitrogen and oxygen atoms in total. The van der Waals surface area contributed by atoms with Gasteiger partial charge >= 0.3 is 10.0 Å². The summed E-state index contributed by atoms with van der Waals surface area (Å²) in [5.41, 5.74) is 0. The molecule has 0 saturated heterocycles. The zero-order chi connectivity index (χ0) is 4.12. The molecule has 0 aromatic rings. The lowest BCUT2D eigenvalue weighted by atomic mass is 11.8. The SMILES string of the molecule is CO[SiH2]OC.Cl.Cl. The summed E-state index contributed by atoms with van der Waals surface area (Å²) in [4.78, 5) is 0. The topological polar surface area (TPSA) is 18.5 Å². The summed E-state index contributed by atoms with van der Waals surface area (Å²) >= 11 is 0. The van der Waals surface area contributed by atoms with Crippen LogP contribution in [0.4, 0.5) is 0 Å². The minimum atomic E-state index is -0.568. The van der Waals surface area contributed by atoms with Gasteiger partial charge in [-0.3, -0.25) is 0 Å². The van der Waals surface area contributed by atoms with Crippen molar-refractivity contribution in [1.82, 2.24) is 0 Å². The second-order valence-corrected chi connectivity index (χ2v) is 2.09. The fourth-order valence-corrected chi connectivity index (χ4v) is 0.354. The Kier molecular flexibility index (Phi) is 35.5. The lowest BCUT2D eigenvalue weighted by molar-refractivity contribution is 0.309. The number of hydrogen-bond acceptors (Lipinski definition) is 2. The fourth-order valence-electron chi connectivity index (χ4n) is 0.118. The van der Waals surface area contributed by atoms with Crippen LogP contribution in [-0.4, -0.2) is 24.2 Å². The van der Waals surface area contributed by atoms with Crippen LogP contribution in [0.3, 0.4) is 0 Å². The van der Waals surface area contributed by atoms with Gasteiger partial charge in [0.2, 0.25) is 0 Å². The number of rotatable bonds is 2. The first-order valence-electron chi connectivity index (χ1n) is 1.39. The van der Waals surface area contributed by atoms with Gasteiger partial charge in [0.25, 0.3) is 0 Å². The van der Waals surface area contributed by atoms with Gasteiger partial charge in [0.1, 0.15) is 0 Å². The Morgan fingerprint density at radius 3 is 1.29 bits per heavy atom. The van der Waals surface area contributed by atoms with Crippen LogP contribution in [0, 0.1) is 0 Å². The third-order valence-electron chi connectivity index (χ3n) is 0.236. The van der Waals surface area contributed by atoms with E-state index in [9.17, 15) is 0 Å². The molecule has 0 radical (unpaired) electrons. The van der Waals surface area contributed by atoms with E-state index in [-0.39, 0.29) is 24.8 Å². The van der Waals surface area contributed by atoms with Gasteiger partial charge in [0.15, 0.2) is 0 Å². The van der Waals surface area contributed by atoms with Gasteiger partial charge in [-0.05, 0) is 0 Å². The summed E-state index contributed by atoms with van der Waals surface area (Å²) in [5.74, 6) is 0. The molecule has 0 aliphatic rings. The fraction of sp³-hybridized carbons (Fsp3) is 1.00. The molecule has 0 rings (SSSR count). The molecule has 0 spiro atoms. The second kappa shape index (κ2) is 15.9. The molecule has 0 bridgehead atoms. The van der Waals surface area contributed by atoms with Crippen molar-refractivity contribution in [3.63, 3.8) is 0 Å². The molecule has 0 amide bonds. The molecule has 0 atom stereocenters. The van der Waals surface area contributed by atoms with Crippen LogP contribution >= 0.6 is 24.8 Å². The van der Waals surface area contributed by atoms with Gasteiger partial charge in [0, 0.05) is 14.2 Å². The van der Waals surface area contributed by atoms with Crippen LogP contribution in [-0.2, 0) is 8.85 Å². The lowest BCUT2D eigenvalue weighted by Gasteiger charge is -1.86. The molecule has 0 heterocycles. The van der Waals surface area contributed by atoms with E-state index >= 15 is 0 Å². The molecule has 5 heteroatoms. The first-order valence-corrected chi connectivity index (χ1v) is 2.55. The molecule has 0 saturated carbocycles. The van der Waals surface area contributed by atoms with E-state index in [2.05, 4.69) is 8.85 Å². The predicted octanol–water partition coefficient (Wildman–Crippen LogP) is 0.122. The van der Waals surface area contributed by atoms with Crippen molar-refractivity contribution in [2.24, 2.45) is 0 Å². The highest BCUT2D eigenvalue weighted by Crippen LogP contribution is 1.55. The Bertz CT molecular complexity index is 21.2. The summed E-state index contributed by atoms with van der Waals surface area (Å²) < 4.78 is 9.22. The molecule has 0 aliphatic carbocycles. The number of halogens is 2. The standard InChI is InChI=1S/C2H8O2Si.2ClH/c1-3-5-4-2;;/h5H2,1-2H3;2*1H. The molecule has 0 N–H and O–H groups in total. The van der Waals surface area contributed by atoms with Crippen molar-refractivity contribution in [3.05, 3.63) is 0 Å². The van der Waals surface area contributed by atoms with Gasteiger partial charge in [0.05, 0.1) is 0 Å². The molecule has 0 aromatic heterocycles. The molecular formula is C2H10Cl2O2Si. The smallest absolute Gasteiger partial charge is 0.303 e. The maximum absolute atomic E-state index is 4.61. The molecule has 0 aromatic carbocycles. The van der Waals surface area contributed by atoms with Gasteiger partial charge in [-0.2, -0.15) is 0 Å². The van der Waals surface area contributed by atoms with Crippen molar-refractivity contribution in [2.75, 3.05) is 14.2 Å². The van der Waals surface area contributed by atoms with Crippen LogP contribution in [0.5, 0.6) is 0 Å². The van der Waals surface area contributed by atoms with Crippen molar-refractivity contribution >= 4 is 34.8 Å². The van der Waals surface area contributed by atoms with E-state index in [0.717, 1.165) is 0 Å². The van der Waals surface area contributed by atoms with E-state index in [1.54, 1.807) is 14.2 Å². The maximum Gasteiger partial charge on any atom is 0.303 e. The minimum absolute atomic E-state index is 0. The maximum atomic E-state index is 4.61. The number of hydrogen-bond donors (Lipinski definition) is 0. The Balaban J connectivity index is -0.0000000800. The lowest BCUT2D eigenvalue weighted by Crippen LogP contribution is -1.93. The quantitative estimate of drug-likeness (QED) is 0.541. The Hall–Kier alpha value is 0.717. The van der Waals surface area contributed by atoms with Gasteiger partial charge < -0.3 is 8.85 Å². The van der Waals surface area contributed by atoms with Crippen molar-refractivity contribution in [2.45, 2.75) is 0 Å². The second-order valence-electron chi connectivity index (χ2n) is 0.695. The molecule has 0 fully saturated rings. The van der Waals surface area contributed by atoms with E-state index < -0.39 is 10.0 Å². The summed E-state index contributed by atoms with van der Waals surface area (Å²) in [5, 5.41) is 0. The Morgan fingerprint density at radius 1 is 1.00 bits per heavy atom. The first kappa shape index (κ1) is 15.6. The zero-order valence-corrected chi connectivity index (χ0v) is 7.39. The van der Waals surface area contributed by atoms with Crippen LogP contribution in [0.1, 0.15) is 0 Å². The molecule has 0 aliphatic heterocycles. The summed E-state index contributed by atoms with van der Waals surface area (Å²) in [6.07, 6.45) is 0. The molecule has 7 heavy (non-hydrogen) atoms. The average Bonchev–Trinajstić information content (AvgIpc) is 1.41. The van der Waals surface area contributed by atoms with Crippen molar-refractivity contribution in [3.8, 4) is 0 Å². The predicted molar refractivity (Wildman–Crippen MR) is 37.1 cm³/mol. The van der Waals surface area contributed by atoms with E-state index in [0.29, 0.717) is 0 Å². The summed E-state index contributed by atoms with van der Waals surface area (Å²) in [7, 11) is 2.73.